The summed E-state index contributed by atoms with van der Waals surface area (Å²) in [5, 5.41) is 0. The van der Waals surface area contributed by atoms with Gasteiger partial charge < -0.3 is 4.74 Å². The van der Waals surface area contributed by atoms with Crippen molar-refractivity contribution >= 4 is 17.6 Å². The van der Waals surface area contributed by atoms with Crippen molar-refractivity contribution in [1.29, 1.82) is 0 Å². The second-order valence-electron chi connectivity index (χ2n) is 5.97. The Morgan fingerprint density at radius 1 is 0.810 bits per heavy atom. The molecule has 0 saturated heterocycles. The third kappa shape index (κ3) is 16.0. The fraction of sp³-hybridized carbons (Fsp3) is 0.944. The Bertz CT molecular complexity index is 231. The van der Waals surface area contributed by atoms with Crippen molar-refractivity contribution in [1.82, 2.24) is 0 Å². The molecule has 3 heteroatoms. The van der Waals surface area contributed by atoms with Gasteiger partial charge in [-0.1, -0.05) is 89.7 Å². The van der Waals surface area contributed by atoms with Crippen LogP contribution in [0.5, 0.6) is 0 Å². The highest BCUT2D eigenvalue weighted by Crippen LogP contribution is 2.13. The Balaban J connectivity index is 3.25. The molecule has 0 spiro atoms. The molecule has 21 heavy (non-hydrogen) atoms. The molecule has 126 valence electrons. The summed E-state index contributed by atoms with van der Waals surface area (Å²) in [6, 6.07) is 0. The molecule has 0 saturated carbocycles. The van der Waals surface area contributed by atoms with E-state index in [0.717, 1.165) is 32.1 Å². The van der Waals surface area contributed by atoms with Gasteiger partial charge >= 0.3 is 5.97 Å². The van der Waals surface area contributed by atoms with Crippen molar-refractivity contribution in [2.75, 3.05) is 0 Å². The number of unbranched alkanes of at least 4 members (excludes halogenated alkanes) is 10. The molecule has 0 fully saturated rings. The molecule has 0 aliphatic carbocycles. The highest BCUT2D eigenvalue weighted by Gasteiger charge is 2.10. The maximum absolute atomic E-state index is 11.5. The van der Waals surface area contributed by atoms with Crippen molar-refractivity contribution in [2.24, 2.45) is 0 Å². The van der Waals surface area contributed by atoms with Gasteiger partial charge in [-0.2, -0.15) is 0 Å². The summed E-state index contributed by atoms with van der Waals surface area (Å²) >= 11 is 5.94. The van der Waals surface area contributed by atoms with Gasteiger partial charge in [0.15, 0.2) is 5.56 Å². The number of carbonyl (C=O) groups is 1. The van der Waals surface area contributed by atoms with Crippen LogP contribution in [0.1, 0.15) is 104 Å². The van der Waals surface area contributed by atoms with Crippen molar-refractivity contribution in [3.05, 3.63) is 0 Å². The van der Waals surface area contributed by atoms with Crippen molar-refractivity contribution in [3.8, 4) is 0 Å². The van der Waals surface area contributed by atoms with E-state index in [1.54, 1.807) is 0 Å². The second kappa shape index (κ2) is 16.1. The van der Waals surface area contributed by atoms with E-state index in [4.69, 9.17) is 16.3 Å². The Morgan fingerprint density at radius 2 is 1.29 bits per heavy atom. The first-order chi connectivity index (χ1) is 10.2. The zero-order valence-electron chi connectivity index (χ0n) is 14.2. The molecule has 1 atom stereocenters. The van der Waals surface area contributed by atoms with E-state index in [1.165, 1.54) is 51.4 Å². The van der Waals surface area contributed by atoms with Crippen LogP contribution in [0.15, 0.2) is 0 Å². The minimum Gasteiger partial charge on any atom is -0.446 e. The zero-order valence-corrected chi connectivity index (χ0v) is 14.9. The Labute approximate surface area is 137 Å². The number of rotatable bonds is 15. The molecular formula is C18H35ClO2. The first kappa shape index (κ1) is 20.8. The van der Waals surface area contributed by atoms with E-state index >= 15 is 0 Å². The van der Waals surface area contributed by atoms with Crippen LogP contribution in [0.2, 0.25) is 0 Å². The first-order valence-electron chi connectivity index (χ1n) is 9.04. The molecule has 0 aromatic heterocycles. The molecule has 0 heterocycles. The SMILES string of the molecule is CCCCCCCCCCCCC(=O)OC(Cl)CCCC. The number of hydrogen-bond acceptors (Lipinski definition) is 2. The van der Waals surface area contributed by atoms with Crippen LogP contribution < -0.4 is 0 Å². The maximum Gasteiger partial charge on any atom is 0.307 e. The zero-order chi connectivity index (χ0) is 15.8. The number of carbonyl (C=O) groups excluding carboxylic acids is 1. The Kier molecular flexibility index (Phi) is 16.0. The normalized spacial score (nSPS) is 12.3. The lowest BCUT2D eigenvalue weighted by atomic mass is 10.1. The summed E-state index contributed by atoms with van der Waals surface area (Å²) in [5.74, 6) is -0.134. The van der Waals surface area contributed by atoms with Crippen LogP contribution in [-0.4, -0.2) is 11.5 Å². The first-order valence-corrected chi connectivity index (χ1v) is 9.47. The molecule has 0 amide bonds. The van der Waals surface area contributed by atoms with Crippen LogP contribution in [0.25, 0.3) is 0 Å². The lowest BCUT2D eigenvalue weighted by molar-refractivity contribution is -0.145. The molecule has 0 bridgehead atoms. The third-order valence-electron chi connectivity index (χ3n) is 3.78. The fourth-order valence-corrected chi connectivity index (χ4v) is 2.64. The van der Waals surface area contributed by atoms with E-state index in [2.05, 4.69) is 13.8 Å². The van der Waals surface area contributed by atoms with Gasteiger partial charge in [-0.25, -0.2) is 0 Å². The number of hydrogen-bond donors (Lipinski definition) is 0. The lowest BCUT2D eigenvalue weighted by Gasteiger charge is -2.10. The van der Waals surface area contributed by atoms with Crippen molar-refractivity contribution < 1.29 is 9.53 Å². The Morgan fingerprint density at radius 3 is 1.81 bits per heavy atom. The number of ether oxygens (including phenoxy) is 1. The van der Waals surface area contributed by atoms with Gasteiger partial charge in [-0.15, -0.1) is 0 Å². The summed E-state index contributed by atoms with van der Waals surface area (Å²) < 4.78 is 5.16. The van der Waals surface area contributed by atoms with Crippen molar-refractivity contribution in [3.63, 3.8) is 0 Å². The maximum atomic E-state index is 11.5. The summed E-state index contributed by atoms with van der Waals surface area (Å²) in [6.07, 6.45) is 16.2. The van der Waals surface area contributed by atoms with Crippen LogP contribution in [0.3, 0.4) is 0 Å². The van der Waals surface area contributed by atoms with E-state index in [1.807, 2.05) is 0 Å². The average Bonchev–Trinajstić information content (AvgIpc) is 2.47. The van der Waals surface area contributed by atoms with Crippen LogP contribution in [-0.2, 0) is 9.53 Å². The third-order valence-corrected chi connectivity index (χ3v) is 4.09. The van der Waals surface area contributed by atoms with Crippen LogP contribution >= 0.6 is 11.6 Å². The quantitative estimate of drug-likeness (QED) is 0.193. The second-order valence-corrected chi connectivity index (χ2v) is 6.46. The van der Waals surface area contributed by atoms with E-state index < -0.39 is 5.56 Å². The largest absolute Gasteiger partial charge is 0.446 e. The molecule has 0 N–H and O–H groups in total. The number of alkyl halides is 1. The van der Waals surface area contributed by atoms with Crippen molar-refractivity contribution in [2.45, 2.75) is 109 Å². The molecular weight excluding hydrogens is 284 g/mol. The highest BCUT2D eigenvalue weighted by atomic mass is 35.5. The average molecular weight is 319 g/mol. The number of esters is 1. The molecule has 0 aliphatic rings. The monoisotopic (exact) mass is 318 g/mol. The molecule has 2 nitrogen and oxygen atoms in total. The minimum atomic E-state index is -0.430. The van der Waals surface area contributed by atoms with E-state index in [-0.39, 0.29) is 5.97 Å². The highest BCUT2D eigenvalue weighted by molar-refractivity contribution is 6.20. The van der Waals surface area contributed by atoms with Gasteiger partial charge in [0.05, 0.1) is 0 Å². The summed E-state index contributed by atoms with van der Waals surface area (Å²) in [4.78, 5) is 11.5. The van der Waals surface area contributed by atoms with E-state index in [0.29, 0.717) is 6.42 Å². The predicted octanol–water partition coefficient (Wildman–Crippen LogP) is 6.60. The van der Waals surface area contributed by atoms with Gasteiger partial charge in [0, 0.05) is 6.42 Å². The standard InChI is InChI=1S/C18H35ClO2/c1-3-5-7-8-9-10-11-12-13-14-16-18(20)21-17(19)15-6-4-2/h17H,3-16H2,1-2H3. The van der Waals surface area contributed by atoms with Gasteiger partial charge in [-0.3, -0.25) is 4.79 Å². The smallest absolute Gasteiger partial charge is 0.307 e. The van der Waals surface area contributed by atoms with Gasteiger partial charge in [0.2, 0.25) is 0 Å². The minimum absolute atomic E-state index is 0.134. The van der Waals surface area contributed by atoms with Gasteiger partial charge in [0.25, 0.3) is 0 Å². The predicted molar refractivity (Wildman–Crippen MR) is 91.7 cm³/mol. The summed E-state index contributed by atoms with van der Waals surface area (Å²) in [7, 11) is 0. The molecule has 0 radical (unpaired) electrons. The molecule has 1 unspecified atom stereocenters. The molecule has 0 aromatic carbocycles. The molecule has 0 aromatic rings. The summed E-state index contributed by atoms with van der Waals surface area (Å²) in [6.45, 7) is 4.36. The van der Waals surface area contributed by atoms with E-state index in [9.17, 15) is 4.79 Å². The number of halogens is 1. The van der Waals surface area contributed by atoms with Gasteiger partial charge in [0.1, 0.15) is 0 Å². The van der Waals surface area contributed by atoms with Gasteiger partial charge in [-0.05, 0) is 19.3 Å². The fourth-order valence-electron chi connectivity index (χ4n) is 2.38. The van der Waals surface area contributed by atoms with Crippen LogP contribution in [0.4, 0.5) is 0 Å². The summed E-state index contributed by atoms with van der Waals surface area (Å²) in [5.41, 5.74) is -0.430. The molecule has 0 rings (SSSR count). The lowest BCUT2D eigenvalue weighted by Crippen LogP contribution is -2.12. The van der Waals surface area contributed by atoms with Crippen LogP contribution in [0, 0.1) is 0 Å². The molecule has 0 aliphatic heterocycles. The Hall–Kier alpha value is -0.240. The topological polar surface area (TPSA) is 26.3 Å².